The van der Waals surface area contributed by atoms with Crippen molar-refractivity contribution in [3.05, 3.63) is 89.1 Å². The fourth-order valence-electron chi connectivity index (χ4n) is 5.11. The number of Topliss-reactive ketones (excluding diaryl/α,β-unsaturated/α-hetero) is 1. The van der Waals surface area contributed by atoms with E-state index in [-0.39, 0.29) is 17.7 Å². The van der Waals surface area contributed by atoms with Crippen LogP contribution in [0.15, 0.2) is 78.0 Å². The molecule has 0 amide bonds. The maximum absolute atomic E-state index is 13.8. The Labute approximate surface area is 212 Å². The molecular formula is C30H32N2O4. The molecule has 3 aromatic rings. The van der Waals surface area contributed by atoms with Crippen LogP contribution in [0, 0.1) is 0 Å². The van der Waals surface area contributed by atoms with Gasteiger partial charge in [0.1, 0.15) is 5.75 Å². The van der Waals surface area contributed by atoms with Crippen LogP contribution in [0.1, 0.15) is 49.8 Å². The number of benzene rings is 3. The second kappa shape index (κ2) is 10.4. The Balaban J connectivity index is 1.53. The SMILES string of the molecule is CCOc1ccc(C2Nc3ccccc3NC3=C2C(=O)CC(c2ccc(OCC)c(OC)c2)C3)cc1. The van der Waals surface area contributed by atoms with E-state index in [1.54, 1.807) is 7.11 Å². The third-order valence-electron chi connectivity index (χ3n) is 6.79. The van der Waals surface area contributed by atoms with E-state index in [1.807, 2.05) is 80.6 Å². The first-order valence-corrected chi connectivity index (χ1v) is 12.5. The number of hydrogen-bond acceptors (Lipinski definition) is 6. The van der Waals surface area contributed by atoms with Gasteiger partial charge in [0.05, 0.1) is 37.7 Å². The van der Waals surface area contributed by atoms with Crippen molar-refractivity contribution in [3.8, 4) is 17.2 Å². The van der Waals surface area contributed by atoms with Crippen LogP contribution >= 0.6 is 0 Å². The third kappa shape index (κ3) is 4.63. The normalized spacial score (nSPS) is 18.8. The van der Waals surface area contributed by atoms with Gasteiger partial charge in [0, 0.05) is 17.7 Å². The summed E-state index contributed by atoms with van der Waals surface area (Å²) < 4.78 is 16.9. The Morgan fingerprint density at radius 2 is 1.56 bits per heavy atom. The smallest absolute Gasteiger partial charge is 0.163 e. The number of ether oxygens (including phenoxy) is 3. The van der Waals surface area contributed by atoms with E-state index in [0.717, 1.165) is 45.9 Å². The van der Waals surface area contributed by atoms with Crippen molar-refractivity contribution < 1.29 is 19.0 Å². The molecule has 0 bridgehead atoms. The molecule has 0 saturated carbocycles. The number of para-hydroxylation sites is 2. The fourth-order valence-corrected chi connectivity index (χ4v) is 5.11. The summed E-state index contributed by atoms with van der Waals surface area (Å²) in [7, 11) is 1.64. The Hall–Kier alpha value is -3.93. The molecule has 1 aliphatic heterocycles. The highest BCUT2D eigenvalue weighted by Gasteiger charge is 2.36. The van der Waals surface area contributed by atoms with Crippen molar-refractivity contribution in [2.75, 3.05) is 31.0 Å². The van der Waals surface area contributed by atoms with Crippen molar-refractivity contribution in [2.24, 2.45) is 0 Å². The molecule has 0 fully saturated rings. The molecule has 3 aromatic carbocycles. The maximum atomic E-state index is 13.8. The monoisotopic (exact) mass is 484 g/mol. The van der Waals surface area contributed by atoms with Gasteiger partial charge in [0.2, 0.25) is 0 Å². The molecule has 1 heterocycles. The summed E-state index contributed by atoms with van der Waals surface area (Å²) in [6.45, 7) is 5.10. The van der Waals surface area contributed by atoms with E-state index in [0.29, 0.717) is 31.1 Å². The lowest BCUT2D eigenvalue weighted by atomic mass is 9.78. The molecule has 0 saturated heterocycles. The second-order valence-electron chi connectivity index (χ2n) is 9.01. The lowest BCUT2D eigenvalue weighted by Crippen LogP contribution is -2.26. The molecule has 1 aliphatic carbocycles. The predicted molar refractivity (Wildman–Crippen MR) is 142 cm³/mol. The lowest BCUT2D eigenvalue weighted by Gasteiger charge is -2.30. The largest absolute Gasteiger partial charge is 0.494 e. The summed E-state index contributed by atoms with van der Waals surface area (Å²) in [5, 5.41) is 7.23. The standard InChI is InChI=1S/C30H32N2O4/c1-4-35-22-13-10-19(11-14-22)30-29-25(31-23-8-6-7-9-24(23)32-30)16-21(17-26(29)33)20-12-15-27(36-5-2)28(18-20)34-3/h6-15,18,21,30-32H,4-5,16-17H2,1-3H3. The maximum Gasteiger partial charge on any atom is 0.163 e. The molecular weight excluding hydrogens is 452 g/mol. The van der Waals surface area contributed by atoms with Gasteiger partial charge in [0.15, 0.2) is 17.3 Å². The van der Waals surface area contributed by atoms with Crippen molar-refractivity contribution >= 4 is 17.2 Å². The summed E-state index contributed by atoms with van der Waals surface area (Å²) in [6, 6.07) is 21.8. The number of methoxy groups -OCH3 is 1. The van der Waals surface area contributed by atoms with Crippen LogP contribution in [0.2, 0.25) is 0 Å². The molecule has 2 atom stereocenters. The highest BCUT2D eigenvalue weighted by Crippen LogP contribution is 2.45. The zero-order chi connectivity index (χ0) is 25.1. The van der Waals surface area contributed by atoms with E-state index in [2.05, 4.69) is 10.6 Å². The first kappa shape index (κ1) is 23.8. The average molecular weight is 485 g/mol. The molecule has 0 spiro atoms. The van der Waals surface area contributed by atoms with Crippen molar-refractivity contribution in [3.63, 3.8) is 0 Å². The molecule has 2 aliphatic rings. The molecule has 5 rings (SSSR count). The number of rotatable bonds is 7. The number of anilines is 2. The van der Waals surface area contributed by atoms with Gasteiger partial charge in [-0.15, -0.1) is 0 Å². The summed E-state index contributed by atoms with van der Waals surface area (Å²) in [5.41, 5.74) is 5.79. The average Bonchev–Trinajstić information content (AvgIpc) is 3.06. The Morgan fingerprint density at radius 3 is 2.28 bits per heavy atom. The second-order valence-corrected chi connectivity index (χ2v) is 9.01. The van der Waals surface area contributed by atoms with Crippen LogP contribution in [-0.4, -0.2) is 26.1 Å². The Kier molecular flexibility index (Phi) is 6.85. The van der Waals surface area contributed by atoms with Gasteiger partial charge < -0.3 is 24.8 Å². The van der Waals surface area contributed by atoms with Crippen molar-refractivity contribution in [2.45, 2.75) is 38.6 Å². The van der Waals surface area contributed by atoms with E-state index in [9.17, 15) is 4.79 Å². The summed E-state index contributed by atoms with van der Waals surface area (Å²) in [5.74, 6) is 2.41. The number of carbonyl (C=O) groups is 1. The molecule has 6 heteroatoms. The number of fused-ring (bicyclic) bond motifs is 1. The first-order valence-electron chi connectivity index (χ1n) is 12.5. The third-order valence-corrected chi connectivity index (χ3v) is 6.79. The molecule has 6 nitrogen and oxygen atoms in total. The van der Waals surface area contributed by atoms with Gasteiger partial charge in [-0.2, -0.15) is 0 Å². The molecule has 0 radical (unpaired) electrons. The Bertz CT molecular complexity index is 1280. The van der Waals surface area contributed by atoms with Gasteiger partial charge in [-0.25, -0.2) is 0 Å². The zero-order valence-corrected chi connectivity index (χ0v) is 21.0. The van der Waals surface area contributed by atoms with Gasteiger partial charge in [-0.1, -0.05) is 30.3 Å². The van der Waals surface area contributed by atoms with E-state index in [4.69, 9.17) is 14.2 Å². The number of hydrogen-bond donors (Lipinski definition) is 2. The summed E-state index contributed by atoms with van der Waals surface area (Å²) >= 11 is 0. The van der Waals surface area contributed by atoms with Gasteiger partial charge in [0.25, 0.3) is 0 Å². The number of carbonyl (C=O) groups excluding carboxylic acids is 1. The number of ketones is 1. The minimum atomic E-state index is -0.254. The molecule has 36 heavy (non-hydrogen) atoms. The summed E-state index contributed by atoms with van der Waals surface area (Å²) in [4.78, 5) is 13.8. The molecule has 186 valence electrons. The number of allylic oxidation sites excluding steroid dienone is 1. The molecule has 2 unspecified atom stereocenters. The Morgan fingerprint density at radius 1 is 0.833 bits per heavy atom. The van der Waals surface area contributed by atoms with Crippen molar-refractivity contribution in [1.82, 2.24) is 0 Å². The van der Waals surface area contributed by atoms with Gasteiger partial charge in [-0.3, -0.25) is 4.79 Å². The highest BCUT2D eigenvalue weighted by molar-refractivity contribution is 6.01. The lowest BCUT2D eigenvalue weighted by molar-refractivity contribution is -0.116. The van der Waals surface area contributed by atoms with Crippen LogP contribution in [-0.2, 0) is 4.79 Å². The number of nitrogens with one attached hydrogen (secondary N) is 2. The van der Waals surface area contributed by atoms with E-state index in [1.165, 1.54) is 0 Å². The van der Waals surface area contributed by atoms with Crippen LogP contribution < -0.4 is 24.8 Å². The van der Waals surface area contributed by atoms with Crippen LogP contribution in [0.25, 0.3) is 0 Å². The predicted octanol–water partition coefficient (Wildman–Crippen LogP) is 6.47. The van der Waals surface area contributed by atoms with Crippen molar-refractivity contribution in [1.29, 1.82) is 0 Å². The topological polar surface area (TPSA) is 68.8 Å². The highest BCUT2D eigenvalue weighted by atomic mass is 16.5. The molecule has 0 aromatic heterocycles. The summed E-state index contributed by atoms with van der Waals surface area (Å²) in [6.07, 6.45) is 1.16. The van der Waals surface area contributed by atoms with Gasteiger partial charge in [-0.05, 0) is 73.7 Å². The minimum Gasteiger partial charge on any atom is -0.494 e. The minimum absolute atomic E-state index is 0.0413. The van der Waals surface area contributed by atoms with Crippen LogP contribution in [0.5, 0.6) is 17.2 Å². The van der Waals surface area contributed by atoms with E-state index < -0.39 is 0 Å². The molecule has 2 N–H and O–H groups in total. The quantitative estimate of drug-likeness (QED) is 0.400. The van der Waals surface area contributed by atoms with Crippen LogP contribution in [0.3, 0.4) is 0 Å². The fraction of sp³-hybridized carbons (Fsp3) is 0.300. The van der Waals surface area contributed by atoms with Crippen LogP contribution in [0.4, 0.5) is 11.4 Å². The first-order chi connectivity index (χ1) is 17.6. The van der Waals surface area contributed by atoms with E-state index >= 15 is 0 Å². The zero-order valence-electron chi connectivity index (χ0n) is 21.0. The van der Waals surface area contributed by atoms with Gasteiger partial charge >= 0.3 is 0 Å².